The lowest BCUT2D eigenvalue weighted by molar-refractivity contribution is -0.118. The zero-order chi connectivity index (χ0) is 25.7. The number of carbonyl (C=O) groups is 1. The number of thioether (sulfide) groups is 1. The van der Waals surface area contributed by atoms with Gasteiger partial charge in [-0.1, -0.05) is 75.0 Å². The molecule has 0 aliphatic carbocycles. The van der Waals surface area contributed by atoms with Crippen LogP contribution in [0.25, 0.3) is 17.1 Å². The summed E-state index contributed by atoms with van der Waals surface area (Å²) in [5.74, 6) is 0.766. The average Bonchev–Trinajstić information content (AvgIpc) is 3.30. The lowest BCUT2D eigenvalue weighted by atomic mass is 9.87. The first-order valence-corrected chi connectivity index (χ1v) is 12.6. The van der Waals surface area contributed by atoms with Crippen LogP contribution >= 0.6 is 11.8 Å². The fourth-order valence-electron chi connectivity index (χ4n) is 3.56. The summed E-state index contributed by atoms with van der Waals surface area (Å²) in [5, 5.41) is 23.1. The Bertz CT molecular complexity index is 1360. The standard InChI is InChI=1S/C28H29N5O2S/c1-19(20-12-16-24(34)17-13-20)29-30-25(35)18-36-27-32-31-26(33(27)23-8-6-5-7-9-23)21-10-14-22(15-11-21)28(2,3)4/h5-17,34H,18H2,1-4H3,(H,30,35)/b29-19-. The minimum atomic E-state index is -0.253. The summed E-state index contributed by atoms with van der Waals surface area (Å²) in [4.78, 5) is 12.5. The third kappa shape index (κ3) is 6.01. The van der Waals surface area contributed by atoms with Crippen LogP contribution in [0.1, 0.15) is 38.8 Å². The van der Waals surface area contributed by atoms with Crippen LogP contribution in [0.4, 0.5) is 0 Å². The van der Waals surface area contributed by atoms with Crippen molar-refractivity contribution in [2.24, 2.45) is 5.10 Å². The maximum atomic E-state index is 12.5. The molecule has 7 nitrogen and oxygen atoms in total. The highest BCUT2D eigenvalue weighted by Gasteiger charge is 2.19. The fourth-order valence-corrected chi connectivity index (χ4v) is 4.30. The van der Waals surface area contributed by atoms with Gasteiger partial charge in [0, 0.05) is 11.3 Å². The van der Waals surface area contributed by atoms with Gasteiger partial charge in [0.2, 0.25) is 0 Å². The Morgan fingerprint density at radius 3 is 2.28 bits per heavy atom. The molecule has 0 atom stereocenters. The molecule has 0 bridgehead atoms. The largest absolute Gasteiger partial charge is 0.508 e. The smallest absolute Gasteiger partial charge is 0.250 e. The number of hydrogen-bond donors (Lipinski definition) is 2. The molecule has 0 radical (unpaired) electrons. The second kappa shape index (κ2) is 10.8. The van der Waals surface area contributed by atoms with E-state index in [1.54, 1.807) is 31.2 Å². The monoisotopic (exact) mass is 499 g/mol. The summed E-state index contributed by atoms with van der Waals surface area (Å²) < 4.78 is 1.97. The van der Waals surface area contributed by atoms with Gasteiger partial charge in [-0.15, -0.1) is 10.2 Å². The number of hydrogen-bond acceptors (Lipinski definition) is 6. The van der Waals surface area contributed by atoms with Gasteiger partial charge in [-0.25, -0.2) is 5.43 Å². The molecular weight excluding hydrogens is 470 g/mol. The molecule has 0 unspecified atom stereocenters. The van der Waals surface area contributed by atoms with E-state index in [1.807, 2.05) is 34.9 Å². The predicted octanol–water partition coefficient (Wildman–Crippen LogP) is 5.57. The highest BCUT2D eigenvalue weighted by molar-refractivity contribution is 7.99. The lowest BCUT2D eigenvalue weighted by Crippen LogP contribution is -2.21. The van der Waals surface area contributed by atoms with Crippen molar-refractivity contribution in [1.82, 2.24) is 20.2 Å². The van der Waals surface area contributed by atoms with Crippen molar-refractivity contribution < 1.29 is 9.90 Å². The molecule has 3 aromatic carbocycles. The highest BCUT2D eigenvalue weighted by atomic mass is 32.2. The number of phenolic OH excluding ortho intramolecular Hbond substituents is 1. The maximum Gasteiger partial charge on any atom is 0.250 e. The van der Waals surface area contributed by atoms with Crippen LogP contribution in [-0.2, 0) is 10.2 Å². The van der Waals surface area contributed by atoms with Crippen LogP contribution in [0.5, 0.6) is 5.75 Å². The number of rotatable bonds is 7. The van der Waals surface area contributed by atoms with Crippen LogP contribution < -0.4 is 5.43 Å². The zero-order valence-electron chi connectivity index (χ0n) is 20.8. The molecule has 0 aliphatic rings. The summed E-state index contributed by atoms with van der Waals surface area (Å²) in [7, 11) is 0. The van der Waals surface area contributed by atoms with Gasteiger partial charge in [0.1, 0.15) is 5.75 Å². The van der Waals surface area contributed by atoms with Crippen LogP contribution in [0, 0.1) is 0 Å². The van der Waals surface area contributed by atoms with Crippen molar-refractivity contribution in [3.63, 3.8) is 0 Å². The molecule has 1 aromatic heterocycles. The van der Waals surface area contributed by atoms with E-state index in [2.05, 4.69) is 65.8 Å². The van der Waals surface area contributed by atoms with E-state index in [0.717, 1.165) is 16.8 Å². The number of aromatic nitrogens is 3. The zero-order valence-corrected chi connectivity index (χ0v) is 21.6. The molecule has 0 aliphatic heterocycles. The topological polar surface area (TPSA) is 92.4 Å². The molecule has 36 heavy (non-hydrogen) atoms. The van der Waals surface area contributed by atoms with Crippen LogP contribution in [0.3, 0.4) is 0 Å². The second-order valence-electron chi connectivity index (χ2n) is 9.37. The minimum absolute atomic E-state index is 0.0587. The quantitative estimate of drug-likeness (QED) is 0.197. The number of nitrogens with zero attached hydrogens (tertiary/aromatic N) is 4. The molecule has 0 fully saturated rings. The summed E-state index contributed by atoms with van der Waals surface area (Å²) in [5.41, 5.74) is 7.21. The highest BCUT2D eigenvalue weighted by Crippen LogP contribution is 2.30. The van der Waals surface area contributed by atoms with Gasteiger partial charge in [0.15, 0.2) is 11.0 Å². The summed E-state index contributed by atoms with van der Waals surface area (Å²) in [6.07, 6.45) is 0. The van der Waals surface area contributed by atoms with E-state index < -0.39 is 0 Å². The van der Waals surface area contributed by atoms with Crippen molar-refractivity contribution >= 4 is 23.4 Å². The molecule has 4 rings (SSSR count). The van der Waals surface area contributed by atoms with Crippen LogP contribution in [0.15, 0.2) is 89.1 Å². The first-order chi connectivity index (χ1) is 17.2. The lowest BCUT2D eigenvalue weighted by Gasteiger charge is -2.19. The Kier molecular flexibility index (Phi) is 7.55. The second-order valence-corrected chi connectivity index (χ2v) is 10.3. The molecule has 4 aromatic rings. The summed E-state index contributed by atoms with van der Waals surface area (Å²) in [6, 6.07) is 24.9. The number of benzene rings is 3. The first kappa shape index (κ1) is 25.2. The van der Waals surface area contributed by atoms with Gasteiger partial charge >= 0.3 is 0 Å². The van der Waals surface area contributed by atoms with Gasteiger partial charge in [0.05, 0.1) is 11.5 Å². The molecule has 1 heterocycles. The Morgan fingerprint density at radius 1 is 0.972 bits per heavy atom. The van der Waals surface area contributed by atoms with Crippen LogP contribution in [0.2, 0.25) is 0 Å². The SMILES string of the molecule is C/C(=N/NC(=O)CSc1nnc(-c2ccc(C(C)(C)C)cc2)n1-c1ccccc1)c1ccc(O)cc1. The summed E-state index contributed by atoms with van der Waals surface area (Å²) >= 11 is 1.30. The van der Waals surface area contributed by atoms with E-state index in [4.69, 9.17) is 0 Å². The maximum absolute atomic E-state index is 12.5. The van der Waals surface area contributed by atoms with Gasteiger partial charge in [0.25, 0.3) is 5.91 Å². The third-order valence-corrected chi connectivity index (χ3v) is 6.55. The van der Waals surface area contributed by atoms with E-state index >= 15 is 0 Å². The Morgan fingerprint density at radius 2 is 1.64 bits per heavy atom. The molecule has 184 valence electrons. The Hall–Kier alpha value is -3.91. The van der Waals surface area contributed by atoms with Crippen molar-refractivity contribution in [3.05, 3.63) is 90.0 Å². The number of phenols is 1. The molecule has 1 amide bonds. The van der Waals surface area contributed by atoms with E-state index in [-0.39, 0.29) is 22.8 Å². The molecular formula is C28H29N5O2S. The van der Waals surface area contributed by atoms with Crippen molar-refractivity contribution in [1.29, 1.82) is 0 Å². The third-order valence-electron chi connectivity index (χ3n) is 5.62. The van der Waals surface area contributed by atoms with Gasteiger partial charge in [-0.2, -0.15) is 5.10 Å². The van der Waals surface area contributed by atoms with Gasteiger partial charge < -0.3 is 5.11 Å². The van der Waals surface area contributed by atoms with E-state index in [9.17, 15) is 9.90 Å². The minimum Gasteiger partial charge on any atom is -0.508 e. The molecule has 2 N–H and O–H groups in total. The molecule has 8 heteroatoms. The van der Waals surface area contributed by atoms with E-state index in [1.165, 1.54) is 17.3 Å². The fraction of sp³-hybridized carbons (Fsp3) is 0.214. The number of nitrogens with one attached hydrogen (secondary N) is 1. The van der Waals surface area contributed by atoms with E-state index in [0.29, 0.717) is 16.7 Å². The normalized spacial score (nSPS) is 11.9. The first-order valence-electron chi connectivity index (χ1n) is 11.6. The van der Waals surface area contributed by atoms with Gasteiger partial charge in [-0.3, -0.25) is 9.36 Å². The number of amides is 1. The average molecular weight is 500 g/mol. The number of para-hydroxylation sites is 1. The Labute approximate surface area is 215 Å². The van der Waals surface area contributed by atoms with Crippen molar-refractivity contribution in [2.75, 3.05) is 5.75 Å². The molecule has 0 saturated heterocycles. The number of carbonyl (C=O) groups excluding carboxylic acids is 1. The number of hydrazone groups is 1. The number of aromatic hydroxyl groups is 1. The predicted molar refractivity (Wildman–Crippen MR) is 145 cm³/mol. The van der Waals surface area contributed by atoms with Crippen LogP contribution in [-0.4, -0.2) is 37.2 Å². The Balaban J connectivity index is 1.53. The van der Waals surface area contributed by atoms with Gasteiger partial charge in [-0.05, 0) is 59.9 Å². The van der Waals surface area contributed by atoms with Crippen molar-refractivity contribution in [3.8, 4) is 22.8 Å². The van der Waals surface area contributed by atoms with Crippen molar-refractivity contribution in [2.45, 2.75) is 38.3 Å². The molecule has 0 saturated carbocycles. The summed E-state index contributed by atoms with van der Waals surface area (Å²) in [6.45, 7) is 8.35. The molecule has 0 spiro atoms.